The molecule has 1 aromatic carbocycles. The van der Waals surface area contributed by atoms with Gasteiger partial charge in [-0.05, 0) is 24.1 Å². The minimum absolute atomic E-state index is 0.0181. The Kier molecular flexibility index (Phi) is 4.64. The normalized spacial score (nSPS) is 9.88. The molecule has 0 aliphatic heterocycles. The van der Waals surface area contributed by atoms with Gasteiger partial charge in [0.05, 0.1) is 6.42 Å². The quantitative estimate of drug-likeness (QED) is 0.582. The number of ether oxygens (including phenoxy) is 1. The van der Waals surface area contributed by atoms with Crippen LogP contribution in [0.5, 0.6) is 0 Å². The van der Waals surface area contributed by atoms with Crippen LogP contribution >= 0.6 is 0 Å². The molecule has 0 unspecified atom stereocenters. The van der Waals surface area contributed by atoms with Gasteiger partial charge < -0.3 is 4.74 Å². The number of benzene rings is 1. The highest BCUT2D eigenvalue weighted by Crippen LogP contribution is 2.05. The van der Waals surface area contributed by atoms with Gasteiger partial charge in [-0.1, -0.05) is 19.1 Å². The second-order valence-electron chi connectivity index (χ2n) is 3.40. The fraction of sp³-hybridized carbons (Fsp3) is 0.333. The first-order valence-corrected chi connectivity index (χ1v) is 5.09. The van der Waals surface area contributed by atoms with E-state index in [0.29, 0.717) is 12.0 Å². The zero-order valence-electron chi connectivity index (χ0n) is 9.03. The summed E-state index contributed by atoms with van der Waals surface area (Å²) in [5, 5.41) is 0. The standard InChI is InChI=1S/C12H13FO3/c1-2-3-11(14)16-12(15)8-9-4-6-10(13)7-5-9/h4-7H,2-3,8H2,1H3. The Morgan fingerprint density at radius 3 is 2.38 bits per heavy atom. The predicted molar refractivity (Wildman–Crippen MR) is 56.1 cm³/mol. The molecule has 0 saturated carbocycles. The van der Waals surface area contributed by atoms with Crippen LogP contribution in [0.25, 0.3) is 0 Å². The van der Waals surface area contributed by atoms with Crippen LogP contribution in [0.15, 0.2) is 24.3 Å². The Morgan fingerprint density at radius 2 is 1.81 bits per heavy atom. The van der Waals surface area contributed by atoms with Crippen LogP contribution in [0.2, 0.25) is 0 Å². The second-order valence-corrected chi connectivity index (χ2v) is 3.40. The molecular weight excluding hydrogens is 211 g/mol. The van der Waals surface area contributed by atoms with Crippen molar-refractivity contribution in [3.05, 3.63) is 35.6 Å². The zero-order chi connectivity index (χ0) is 12.0. The maximum Gasteiger partial charge on any atom is 0.317 e. The number of esters is 2. The first-order chi connectivity index (χ1) is 7.61. The highest BCUT2D eigenvalue weighted by atomic mass is 19.1. The molecule has 4 heteroatoms. The van der Waals surface area contributed by atoms with Gasteiger partial charge in [0.1, 0.15) is 5.82 Å². The summed E-state index contributed by atoms with van der Waals surface area (Å²) >= 11 is 0. The molecule has 0 spiro atoms. The molecule has 1 rings (SSSR count). The third kappa shape index (κ3) is 4.21. The lowest BCUT2D eigenvalue weighted by atomic mass is 10.1. The van der Waals surface area contributed by atoms with Crippen molar-refractivity contribution >= 4 is 11.9 Å². The van der Waals surface area contributed by atoms with Crippen molar-refractivity contribution in [2.45, 2.75) is 26.2 Å². The van der Waals surface area contributed by atoms with Gasteiger partial charge in [0.25, 0.3) is 0 Å². The molecule has 3 nitrogen and oxygen atoms in total. The Hall–Kier alpha value is -1.71. The molecule has 0 aliphatic carbocycles. The minimum Gasteiger partial charge on any atom is -0.393 e. The summed E-state index contributed by atoms with van der Waals surface area (Å²) in [7, 11) is 0. The van der Waals surface area contributed by atoms with Crippen LogP contribution in [0.4, 0.5) is 4.39 Å². The number of carbonyl (C=O) groups is 2. The maximum absolute atomic E-state index is 12.6. The van der Waals surface area contributed by atoms with Gasteiger partial charge in [-0.3, -0.25) is 9.59 Å². The molecule has 16 heavy (non-hydrogen) atoms. The third-order valence-electron chi connectivity index (χ3n) is 1.94. The number of hydrogen-bond donors (Lipinski definition) is 0. The van der Waals surface area contributed by atoms with Gasteiger partial charge in [-0.2, -0.15) is 0 Å². The van der Waals surface area contributed by atoms with Gasteiger partial charge in [-0.15, -0.1) is 0 Å². The van der Waals surface area contributed by atoms with E-state index in [4.69, 9.17) is 0 Å². The van der Waals surface area contributed by atoms with Gasteiger partial charge in [-0.25, -0.2) is 4.39 Å². The molecule has 0 atom stereocenters. The molecule has 0 N–H and O–H groups in total. The number of rotatable bonds is 4. The smallest absolute Gasteiger partial charge is 0.317 e. The van der Waals surface area contributed by atoms with Crippen molar-refractivity contribution < 1.29 is 18.7 Å². The lowest BCUT2D eigenvalue weighted by Crippen LogP contribution is -2.13. The van der Waals surface area contributed by atoms with E-state index >= 15 is 0 Å². The van der Waals surface area contributed by atoms with Gasteiger partial charge in [0.2, 0.25) is 0 Å². The van der Waals surface area contributed by atoms with Crippen molar-refractivity contribution in [3.63, 3.8) is 0 Å². The lowest BCUT2D eigenvalue weighted by molar-refractivity contribution is -0.159. The molecule has 86 valence electrons. The van der Waals surface area contributed by atoms with Gasteiger partial charge in [0.15, 0.2) is 0 Å². The van der Waals surface area contributed by atoms with E-state index in [0.717, 1.165) is 0 Å². The summed E-state index contributed by atoms with van der Waals surface area (Å²) in [5.41, 5.74) is 0.621. The van der Waals surface area contributed by atoms with Crippen LogP contribution in [0.3, 0.4) is 0 Å². The summed E-state index contributed by atoms with van der Waals surface area (Å²) in [4.78, 5) is 22.2. The van der Waals surface area contributed by atoms with E-state index in [9.17, 15) is 14.0 Å². The summed E-state index contributed by atoms with van der Waals surface area (Å²) < 4.78 is 17.1. The number of halogens is 1. The summed E-state index contributed by atoms with van der Waals surface area (Å²) in [6.45, 7) is 1.83. The summed E-state index contributed by atoms with van der Waals surface area (Å²) in [5.74, 6) is -1.49. The SMILES string of the molecule is CCCC(=O)OC(=O)Cc1ccc(F)cc1. The van der Waals surface area contributed by atoms with Crippen molar-refractivity contribution in [2.24, 2.45) is 0 Å². The van der Waals surface area contributed by atoms with E-state index in [1.807, 2.05) is 6.92 Å². The predicted octanol–water partition coefficient (Wildman–Crippen LogP) is 2.24. The van der Waals surface area contributed by atoms with Crippen LogP contribution in [0, 0.1) is 5.82 Å². The van der Waals surface area contributed by atoms with Crippen LogP contribution < -0.4 is 0 Å². The van der Waals surface area contributed by atoms with Crippen LogP contribution in [-0.4, -0.2) is 11.9 Å². The fourth-order valence-electron chi connectivity index (χ4n) is 1.19. The highest BCUT2D eigenvalue weighted by molar-refractivity contribution is 5.86. The monoisotopic (exact) mass is 224 g/mol. The lowest BCUT2D eigenvalue weighted by Gasteiger charge is -2.02. The van der Waals surface area contributed by atoms with E-state index in [2.05, 4.69) is 4.74 Å². The van der Waals surface area contributed by atoms with Crippen molar-refractivity contribution in [1.29, 1.82) is 0 Å². The zero-order valence-corrected chi connectivity index (χ0v) is 9.03. The van der Waals surface area contributed by atoms with E-state index in [1.54, 1.807) is 0 Å². The summed E-state index contributed by atoms with van der Waals surface area (Å²) in [6.07, 6.45) is 0.855. The Balaban J connectivity index is 2.45. The van der Waals surface area contributed by atoms with E-state index in [1.165, 1.54) is 24.3 Å². The Morgan fingerprint density at radius 1 is 1.19 bits per heavy atom. The molecule has 0 aliphatic rings. The molecule has 0 amide bonds. The topological polar surface area (TPSA) is 43.4 Å². The highest BCUT2D eigenvalue weighted by Gasteiger charge is 2.10. The average molecular weight is 224 g/mol. The molecule has 0 radical (unpaired) electrons. The Labute approximate surface area is 93.2 Å². The van der Waals surface area contributed by atoms with Crippen molar-refractivity contribution in [1.82, 2.24) is 0 Å². The summed E-state index contributed by atoms with van der Waals surface area (Å²) in [6, 6.07) is 5.49. The third-order valence-corrected chi connectivity index (χ3v) is 1.94. The van der Waals surface area contributed by atoms with Gasteiger partial charge >= 0.3 is 11.9 Å². The molecule has 0 fully saturated rings. The molecular formula is C12H13FO3. The fourth-order valence-corrected chi connectivity index (χ4v) is 1.19. The second kappa shape index (κ2) is 6.00. The minimum atomic E-state index is -0.606. The number of hydrogen-bond acceptors (Lipinski definition) is 3. The van der Waals surface area contributed by atoms with Crippen LogP contribution in [0.1, 0.15) is 25.3 Å². The first-order valence-electron chi connectivity index (χ1n) is 5.09. The van der Waals surface area contributed by atoms with E-state index < -0.39 is 11.9 Å². The van der Waals surface area contributed by atoms with Crippen molar-refractivity contribution in [2.75, 3.05) is 0 Å². The van der Waals surface area contributed by atoms with Gasteiger partial charge in [0, 0.05) is 6.42 Å². The molecule has 0 bridgehead atoms. The molecule has 0 aromatic heterocycles. The number of carbonyl (C=O) groups excluding carboxylic acids is 2. The van der Waals surface area contributed by atoms with Crippen molar-refractivity contribution in [3.8, 4) is 0 Å². The molecule has 0 heterocycles. The molecule has 0 saturated heterocycles. The van der Waals surface area contributed by atoms with E-state index in [-0.39, 0.29) is 18.7 Å². The van der Waals surface area contributed by atoms with Crippen LogP contribution in [-0.2, 0) is 20.7 Å². The largest absolute Gasteiger partial charge is 0.393 e. The maximum atomic E-state index is 12.6. The Bertz CT molecular complexity index is 370. The molecule has 1 aromatic rings. The first kappa shape index (κ1) is 12.4. The average Bonchev–Trinajstić information content (AvgIpc) is 2.21.